The Labute approximate surface area is 125 Å². The summed E-state index contributed by atoms with van der Waals surface area (Å²) in [7, 11) is 0. The molecule has 1 N–H and O–H groups in total. The van der Waals surface area contributed by atoms with Gasteiger partial charge in [-0.25, -0.2) is 4.79 Å². The Morgan fingerprint density at radius 1 is 1.24 bits per heavy atom. The second-order valence-electron chi connectivity index (χ2n) is 5.92. The lowest BCUT2D eigenvalue weighted by Gasteiger charge is -2.36. The molecule has 4 heteroatoms. The van der Waals surface area contributed by atoms with Crippen molar-refractivity contribution in [2.24, 2.45) is 5.92 Å². The van der Waals surface area contributed by atoms with Crippen LogP contribution < -0.4 is 0 Å². The summed E-state index contributed by atoms with van der Waals surface area (Å²) in [5, 5.41) is 9.32. The van der Waals surface area contributed by atoms with E-state index in [4.69, 9.17) is 0 Å². The van der Waals surface area contributed by atoms with Crippen molar-refractivity contribution >= 4 is 11.9 Å². The number of hydrogen-bond donors (Lipinski definition) is 1. The lowest BCUT2D eigenvalue weighted by Crippen LogP contribution is -2.50. The number of aliphatic carboxylic acids is 1. The molecule has 1 aromatic rings. The van der Waals surface area contributed by atoms with Crippen LogP contribution in [0.5, 0.6) is 0 Å². The molecule has 1 amide bonds. The maximum absolute atomic E-state index is 12.4. The van der Waals surface area contributed by atoms with Crippen molar-refractivity contribution in [3.8, 4) is 0 Å². The average molecular weight is 289 g/mol. The molecular formula is C17H23NO3. The number of carbonyl (C=O) groups excluding carboxylic acids is 1. The molecule has 21 heavy (non-hydrogen) atoms. The molecule has 0 bridgehead atoms. The highest BCUT2D eigenvalue weighted by Crippen LogP contribution is 2.23. The van der Waals surface area contributed by atoms with Gasteiger partial charge in [0.1, 0.15) is 6.04 Å². The van der Waals surface area contributed by atoms with Crippen LogP contribution in [0.2, 0.25) is 0 Å². The lowest BCUT2D eigenvalue weighted by molar-refractivity contribution is -0.152. The molecule has 1 aliphatic rings. The standard InChI is InChI=1S/C17H23NO3/c1-3-13-4-6-14(7-5-13)11-16(19)18-9-8-12(2)10-15(18)17(20)21/h4-7,12,15H,3,8-11H2,1-2H3,(H,20,21). The second kappa shape index (κ2) is 6.74. The number of piperidine rings is 1. The van der Waals surface area contributed by atoms with Crippen LogP contribution in [0.15, 0.2) is 24.3 Å². The lowest BCUT2D eigenvalue weighted by atomic mass is 9.92. The van der Waals surface area contributed by atoms with Gasteiger partial charge in [-0.1, -0.05) is 38.1 Å². The zero-order chi connectivity index (χ0) is 15.4. The van der Waals surface area contributed by atoms with E-state index in [-0.39, 0.29) is 12.3 Å². The molecule has 2 atom stereocenters. The Kier molecular flexibility index (Phi) is 4.99. The maximum atomic E-state index is 12.4. The van der Waals surface area contributed by atoms with Crippen LogP contribution in [-0.2, 0) is 22.4 Å². The highest BCUT2D eigenvalue weighted by molar-refractivity contribution is 5.85. The SMILES string of the molecule is CCc1ccc(CC(=O)N2CCC(C)CC2C(=O)O)cc1. The Morgan fingerprint density at radius 2 is 1.86 bits per heavy atom. The number of carboxylic acids is 1. The summed E-state index contributed by atoms with van der Waals surface area (Å²) < 4.78 is 0. The third-order valence-corrected chi connectivity index (χ3v) is 4.26. The van der Waals surface area contributed by atoms with Crippen LogP contribution in [0.4, 0.5) is 0 Å². The first-order valence-corrected chi connectivity index (χ1v) is 7.61. The highest BCUT2D eigenvalue weighted by atomic mass is 16.4. The van der Waals surface area contributed by atoms with E-state index in [0.717, 1.165) is 18.4 Å². The maximum Gasteiger partial charge on any atom is 0.326 e. The summed E-state index contributed by atoms with van der Waals surface area (Å²) in [6, 6.07) is 7.29. The smallest absolute Gasteiger partial charge is 0.326 e. The average Bonchev–Trinajstić information content (AvgIpc) is 2.47. The van der Waals surface area contributed by atoms with Gasteiger partial charge in [0.2, 0.25) is 5.91 Å². The van der Waals surface area contributed by atoms with Gasteiger partial charge in [-0.15, -0.1) is 0 Å². The van der Waals surface area contributed by atoms with Gasteiger partial charge in [0.25, 0.3) is 0 Å². The Hall–Kier alpha value is -1.84. The summed E-state index contributed by atoms with van der Waals surface area (Å²) in [5.74, 6) is -0.617. The fourth-order valence-electron chi connectivity index (χ4n) is 2.84. The largest absolute Gasteiger partial charge is 0.480 e. The summed E-state index contributed by atoms with van der Waals surface area (Å²) in [6.45, 7) is 4.68. The van der Waals surface area contributed by atoms with Crippen molar-refractivity contribution in [2.75, 3.05) is 6.54 Å². The van der Waals surface area contributed by atoms with Gasteiger partial charge in [-0.3, -0.25) is 4.79 Å². The zero-order valence-corrected chi connectivity index (χ0v) is 12.7. The molecule has 0 saturated carbocycles. The number of hydrogen-bond acceptors (Lipinski definition) is 2. The summed E-state index contributed by atoms with van der Waals surface area (Å²) >= 11 is 0. The molecule has 2 rings (SSSR count). The molecular weight excluding hydrogens is 266 g/mol. The predicted molar refractivity (Wildman–Crippen MR) is 81.1 cm³/mol. The summed E-state index contributed by atoms with van der Waals surface area (Å²) in [6.07, 6.45) is 2.68. The zero-order valence-electron chi connectivity index (χ0n) is 12.7. The Balaban J connectivity index is 2.05. The van der Waals surface area contributed by atoms with E-state index in [1.165, 1.54) is 10.5 Å². The first-order chi connectivity index (χ1) is 10.0. The number of likely N-dealkylation sites (tertiary alicyclic amines) is 1. The molecule has 1 aromatic carbocycles. The molecule has 114 valence electrons. The molecule has 2 unspecified atom stereocenters. The Morgan fingerprint density at radius 3 is 2.43 bits per heavy atom. The third-order valence-electron chi connectivity index (χ3n) is 4.26. The number of aryl methyl sites for hydroxylation is 1. The van der Waals surface area contributed by atoms with Crippen molar-refractivity contribution in [3.63, 3.8) is 0 Å². The summed E-state index contributed by atoms with van der Waals surface area (Å²) in [5.41, 5.74) is 2.18. The van der Waals surface area contributed by atoms with E-state index in [9.17, 15) is 14.7 Å². The molecule has 0 aromatic heterocycles. The van der Waals surface area contributed by atoms with Gasteiger partial charge >= 0.3 is 5.97 Å². The van der Waals surface area contributed by atoms with Crippen molar-refractivity contribution in [1.29, 1.82) is 0 Å². The topological polar surface area (TPSA) is 57.6 Å². The second-order valence-corrected chi connectivity index (χ2v) is 5.92. The predicted octanol–water partition coefficient (Wildman–Crippen LogP) is 2.50. The number of amides is 1. The van der Waals surface area contributed by atoms with E-state index in [1.54, 1.807) is 0 Å². The normalized spacial score (nSPS) is 22.1. The van der Waals surface area contributed by atoms with Gasteiger partial charge in [-0.05, 0) is 36.3 Å². The summed E-state index contributed by atoms with van der Waals surface area (Å²) in [4.78, 5) is 25.3. The molecule has 1 saturated heterocycles. The van der Waals surface area contributed by atoms with E-state index < -0.39 is 12.0 Å². The Bertz CT molecular complexity index is 509. The minimum atomic E-state index is -0.892. The van der Waals surface area contributed by atoms with Gasteiger partial charge < -0.3 is 10.0 Å². The molecule has 0 spiro atoms. The van der Waals surface area contributed by atoms with Crippen molar-refractivity contribution < 1.29 is 14.7 Å². The van der Waals surface area contributed by atoms with Crippen LogP contribution in [-0.4, -0.2) is 34.5 Å². The van der Waals surface area contributed by atoms with Gasteiger partial charge in [-0.2, -0.15) is 0 Å². The van der Waals surface area contributed by atoms with E-state index in [2.05, 4.69) is 6.92 Å². The molecule has 4 nitrogen and oxygen atoms in total. The van der Waals surface area contributed by atoms with Gasteiger partial charge in [0.05, 0.1) is 6.42 Å². The van der Waals surface area contributed by atoms with Crippen LogP contribution in [0, 0.1) is 5.92 Å². The highest BCUT2D eigenvalue weighted by Gasteiger charge is 2.34. The van der Waals surface area contributed by atoms with E-state index in [0.29, 0.717) is 18.9 Å². The molecule has 1 fully saturated rings. The first-order valence-electron chi connectivity index (χ1n) is 7.61. The number of rotatable bonds is 4. The third kappa shape index (κ3) is 3.84. The van der Waals surface area contributed by atoms with E-state index >= 15 is 0 Å². The van der Waals surface area contributed by atoms with Gasteiger partial charge in [0, 0.05) is 6.54 Å². The van der Waals surface area contributed by atoms with E-state index in [1.807, 2.05) is 31.2 Å². The number of carboxylic acid groups (broad SMARTS) is 1. The van der Waals surface area contributed by atoms with Crippen LogP contribution in [0.3, 0.4) is 0 Å². The molecule has 1 heterocycles. The quantitative estimate of drug-likeness (QED) is 0.926. The fraction of sp³-hybridized carbons (Fsp3) is 0.529. The minimum Gasteiger partial charge on any atom is -0.480 e. The van der Waals surface area contributed by atoms with Crippen molar-refractivity contribution in [2.45, 2.75) is 45.6 Å². The minimum absolute atomic E-state index is 0.0847. The number of nitrogens with zero attached hydrogens (tertiary/aromatic N) is 1. The first kappa shape index (κ1) is 15.5. The van der Waals surface area contributed by atoms with Crippen molar-refractivity contribution in [3.05, 3.63) is 35.4 Å². The van der Waals surface area contributed by atoms with Gasteiger partial charge in [0.15, 0.2) is 0 Å². The number of benzene rings is 1. The molecule has 0 aliphatic carbocycles. The van der Waals surface area contributed by atoms with Crippen LogP contribution in [0.1, 0.15) is 37.8 Å². The van der Waals surface area contributed by atoms with Crippen LogP contribution >= 0.6 is 0 Å². The fourth-order valence-corrected chi connectivity index (χ4v) is 2.84. The van der Waals surface area contributed by atoms with Crippen molar-refractivity contribution in [1.82, 2.24) is 4.90 Å². The molecule has 0 radical (unpaired) electrons. The van der Waals surface area contributed by atoms with Crippen LogP contribution in [0.25, 0.3) is 0 Å². The molecule has 1 aliphatic heterocycles. The monoisotopic (exact) mass is 289 g/mol. The number of carbonyl (C=O) groups is 2.